The lowest BCUT2D eigenvalue weighted by Crippen LogP contribution is -2.12. The van der Waals surface area contributed by atoms with Gasteiger partial charge in [0.05, 0.1) is 16.8 Å². The molecule has 0 aliphatic rings. The van der Waals surface area contributed by atoms with Crippen LogP contribution in [0, 0.1) is 6.92 Å². The monoisotopic (exact) mass is 304 g/mol. The van der Waals surface area contributed by atoms with Gasteiger partial charge in [-0.05, 0) is 24.6 Å². The number of hydrogen-bond donors (Lipinski definition) is 2. The molecule has 1 amide bonds. The number of carbonyl (C=O) groups excluding carboxylic acids is 1. The molecule has 0 aliphatic carbocycles. The molecule has 2 N–H and O–H groups in total. The van der Waals surface area contributed by atoms with E-state index in [1.807, 2.05) is 20.8 Å². The second kappa shape index (κ2) is 6.05. The van der Waals surface area contributed by atoms with Crippen molar-refractivity contribution in [2.75, 3.05) is 5.32 Å². The van der Waals surface area contributed by atoms with E-state index in [4.69, 9.17) is 5.11 Å². The van der Waals surface area contributed by atoms with E-state index < -0.39 is 5.97 Å². The van der Waals surface area contributed by atoms with E-state index in [9.17, 15) is 9.59 Å². The van der Waals surface area contributed by atoms with Gasteiger partial charge in [-0.2, -0.15) is 0 Å². The Kier molecular flexibility index (Phi) is 4.37. The van der Waals surface area contributed by atoms with Gasteiger partial charge in [-0.1, -0.05) is 19.9 Å². The Balaban J connectivity index is 2.22. The number of hydrogen-bond acceptors (Lipinski definition) is 4. The average molecular weight is 304 g/mol. The molecule has 1 heterocycles. The lowest BCUT2D eigenvalue weighted by Gasteiger charge is -2.08. The third-order valence-electron chi connectivity index (χ3n) is 2.97. The Hall–Kier alpha value is -2.21. The lowest BCUT2D eigenvalue weighted by molar-refractivity contribution is 0.0696. The smallest absolute Gasteiger partial charge is 0.335 e. The summed E-state index contributed by atoms with van der Waals surface area (Å²) >= 11 is 1.35. The van der Waals surface area contributed by atoms with Crippen molar-refractivity contribution < 1.29 is 14.7 Å². The van der Waals surface area contributed by atoms with Gasteiger partial charge in [-0.3, -0.25) is 4.79 Å². The molecule has 0 bridgehead atoms. The van der Waals surface area contributed by atoms with E-state index in [1.54, 1.807) is 12.3 Å². The highest BCUT2D eigenvalue weighted by molar-refractivity contribution is 7.13. The van der Waals surface area contributed by atoms with Crippen LogP contribution in [0.4, 0.5) is 5.69 Å². The molecule has 0 atom stereocenters. The molecule has 0 fully saturated rings. The normalized spacial score (nSPS) is 10.7. The Morgan fingerprint density at radius 3 is 2.62 bits per heavy atom. The van der Waals surface area contributed by atoms with Crippen molar-refractivity contribution in [1.82, 2.24) is 4.98 Å². The summed E-state index contributed by atoms with van der Waals surface area (Å²) < 4.78 is 0. The van der Waals surface area contributed by atoms with Crippen molar-refractivity contribution in [3.8, 4) is 0 Å². The second-order valence-corrected chi connectivity index (χ2v) is 6.07. The van der Waals surface area contributed by atoms with E-state index in [0.717, 1.165) is 10.6 Å². The van der Waals surface area contributed by atoms with Gasteiger partial charge < -0.3 is 10.4 Å². The summed E-state index contributed by atoms with van der Waals surface area (Å²) in [5.41, 5.74) is 1.45. The highest BCUT2D eigenvalue weighted by Gasteiger charge is 2.14. The number of carboxylic acids is 1. The number of benzene rings is 1. The van der Waals surface area contributed by atoms with E-state index in [-0.39, 0.29) is 17.4 Å². The zero-order valence-corrected chi connectivity index (χ0v) is 12.8. The summed E-state index contributed by atoms with van der Waals surface area (Å²) in [5.74, 6) is -1.02. The number of amides is 1. The Morgan fingerprint density at radius 1 is 1.33 bits per heavy atom. The Labute approximate surface area is 126 Å². The first-order valence-electron chi connectivity index (χ1n) is 6.49. The van der Waals surface area contributed by atoms with Crippen LogP contribution in [0.25, 0.3) is 0 Å². The standard InChI is InChI=1S/C15H16N2O3S/c1-8(2)14-16-7-12(21-14)13(18)17-11-6-10(15(19)20)5-4-9(11)3/h4-8H,1-3H3,(H,17,18)(H,19,20). The second-order valence-electron chi connectivity index (χ2n) is 5.01. The number of anilines is 1. The highest BCUT2D eigenvalue weighted by Crippen LogP contribution is 2.23. The maximum Gasteiger partial charge on any atom is 0.335 e. The summed E-state index contributed by atoms with van der Waals surface area (Å²) in [4.78, 5) is 27.9. The zero-order chi connectivity index (χ0) is 15.6. The molecule has 2 rings (SSSR count). The van der Waals surface area contributed by atoms with Gasteiger partial charge in [-0.25, -0.2) is 9.78 Å². The molecule has 0 aliphatic heterocycles. The summed E-state index contributed by atoms with van der Waals surface area (Å²) in [6.45, 7) is 5.84. The van der Waals surface area contributed by atoms with Crippen molar-refractivity contribution in [3.05, 3.63) is 45.4 Å². The molecule has 0 radical (unpaired) electrons. The summed E-state index contributed by atoms with van der Waals surface area (Å²) in [7, 11) is 0. The van der Waals surface area contributed by atoms with Crippen LogP contribution in [0.2, 0.25) is 0 Å². The Bertz CT molecular complexity index is 692. The molecule has 0 spiro atoms. The van der Waals surface area contributed by atoms with E-state index in [1.165, 1.54) is 23.5 Å². The molecule has 2 aromatic rings. The van der Waals surface area contributed by atoms with Gasteiger partial charge in [-0.15, -0.1) is 11.3 Å². The topological polar surface area (TPSA) is 79.3 Å². The van der Waals surface area contributed by atoms with Crippen LogP contribution in [-0.2, 0) is 0 Å². The fourth-order valence-electron chi connectivity index (χ4n) is 1.73. The van der Waals surface area contributed by atoms with Crippen molar-refractivity contribution in [3.63, 3.8) is 0 Å². The number of thiazole rings is 1. The van der Waals surface area contributed by atoms with Gasteiger partial charge in [0.15, 0.2) is 0 Å². The first-order valence-corrected chi connectivity index (χ1v) is 7.31. The molecule has 21 heavy (non-hydrogen) atoms. The number of nitrogens with one attached hydrogen (secondary N) is 1. The molecule has 110 valence electrons. The molecule has 1 aromatic carbocycles. The van der Waals surface area contributed by atoms with Crippen LogP contribution in [0.15, 0.2) is 24.4 Å². The number of aryl methyl sites for hydroxylation is 1. The molecule has 5 nitrogen and oxygen atoms in total. The minimum absolute atomic E-state index is 0.142. The van der Waals surface area contributed by atoms with Crippen LogP contribution in [0.3, 0.4) is 0 Å². The largest absolute Gasteiger partial charge is 0.478 e. The van der Waals surface area contributed by atoms with Gasteiger partial charge >= 0.3 is 5.97 Å². The maximum atomic E-state index is 12.2. The maximum absolute atomic E-state index is 12.2. The summed E-state index contributed by atoms with van der Waals surface area (Å²) in [6, 6.07) is 4.64. The van der Waals surface area contributed by atoms with Crippen LogP contribution < -0.4 is 5.32 Å². The van der Waals surface area contributed by atoms with Crippen LogP contribution in [-0.4, -0.2) is 22.0 Å². The van der Waals surface area contributed by atoms with Gasteiger partial charge in [0.1, 0.15) is 4.88 Å². The quantitative estimate of drug-likeness (QED) is 0.905. The van der Waals surface area contributed by atoms with Crippen molar-refractivity contribution in [2.45, 2.75) is 26.7 Å². The molecule has 1 aromatic heterocycles. The predicted octanol–water partition coefficient (Wildman–Crippen LogP) is 3.53. The number of carboxylic acid groups (broad SMARTS) is 1. The van der Waals surface area contributed by atoms with Crippen molar-refractivity contribution in [2.24, 2.45) is 0 Å². The van der Waals surface area contributed by atoms with Gasteiger partial charge in [0.25, 0.3) is 5.91 Å². The molecule has 0 unspecified atom stereocenters. The lowest BCUT2D eigenvalue weighted by atomic mass is 10.1. The fraction of sp³-hybridized carbons (Fsp3) is 0.267. The molecular weight excluding hydrogens is 288 g/mol. The SMILES string of the molecule is Cc1ccc(C(=O)O)cc1NC(=O)c1cnc(C(C)C)s1. The van der Waals surface area contributed by atoms with Gasteiger partial charge in [0, 0.05) is 11.6 Å². The number of carbonyl (C=O) groups is 2. The van der Waals surface area contributed by atoms with Crippen LogP contribution in [0.5, 0.6) is 0 Å². The molecule has 0 saturated heterocycles. The minimum Gasteiger partial charge on any atom is -0.478 e. The Morgan fingerprint density at radius 2 is 2.05 bits per heavy atom. The minimum atomic E-state index is -1.02. The van der Waals surface area contributed by atoms with Crippen molar-refractivity contribution >= 4 is 28.9 Å². The summed E-state index contributed by atoms with van der Waals surface area (Å²) in [5, 5.41) is 12.6. The predicted molar refractivity (Wildman–Crippen MR) is 82.3 cm³/mol. The van der Waals surface area contributed by atoms with Crippen LogP contribution >= 0.6 is 11.3 Å². The van der Waals surface area contributed by atoms with E-state index >= 15 is 0 Å². The summed E-state index contributed by atoms with van der Waals surface area (Å²) in [6.07, 6.45) is 1.55. The first-order chi connectivity index (χ1) is 9.88. The molecular formula is C15H16N2O3S. The number of aromatic carboxylic acids is 1. The first kappa shape index (κ1) is 15.2. The van der Waals surface area contributed by atoms with Gasteiger partial charge in [0.2, 0.25) is 0 Å². The highest BCUT2D eigenvalue weighted by atomic mass is 32.1. The van der Waals surface area contributed by atoms with Crippen LogP contribution in [0.1, 0.15) is 50.4 Å². The fourth-order valence-corrected chi connectivity index (χ4v) is 2.55. The molecule has 6 heteroatoms. The number of aromatic nitrogens is 1. The third-order valence-corrected chi connectivity index (χ3v) is 4.27. The van der Waals surface area contributed by atoms with E-state index in [0.29, 0.717) is 10.6 Å². The number of rotatable bonds is 4. The average Bonchev–Trinajstić information content (AvgIpc) is 2.90. The number of nitrogens with zero attached hydrogens (tertiary/aromatic N) is 1. The zero-order valence-electron chi connectivity index (χ0n) is 12.0. The molecule has 0 saturated carbocycles. The van der Waals surface area contributed by atoms with Crippen molar-refractivity contribution in [1.29, 1.82) is 0 Å². The van der Waals surface area contributed by atoms with E-state index in [2.05, 4.69) is 10.3 Å². The third kappa shape index (κ3) is 3.46.